The van der Waals surface area contributed by atoms with Gasteiger partial charge < -0.3 is 0 Å². The topological polar surface area (TPSA) is 0 Å². The molecule has 0 aliphatic rings. The number of benzene rings is 8. The molecular formula is C56H26. The molecule has 8 aromatic rings. The molecule has 0 fully saturated rings. The first-order valence-electron chi connectivity index (χ1n) is 17.7. The average molecular weight is 699 g/mol. The summed E-state index contributed by atoms with van der Waals surface area (Å²) in [5.74, 6) is 38.3. The van der Waals surface area contributed by atoms with Crippen LogP contribution in [0.15, 0.2) is 133 Å². The van der Waals surface area contributed by atoms with Crippen LogP contribution in [-0.2, 0) is 0 Å². The highest BCUT2D eigenvalue weighted by Gasteiger charge is 2.17. The van der Waals surface area contributed by atoms with E-state index in [2.05, 4.69) is 95.3 Å². The van der Waals surface area contributed by atoms with Crippen LogP contribution < -0.4 is 0 Å². The molecule has 0 unspecified atom stereocenters. The zero-order valence-electron chi connectivity index (χ0n) is 30.0. The summed E-state index contributed by atoms with van der Waals surface area (Å²) in [7, 11) is 0. The number of hydrogen-bond acceptors (Lipinski definition) is 0. The van der Waals surface area contributed by atoms with Gasteiger partial charge in [0, 0.05) is 66.8 Å². The molecule has 0 amide bonds. The van der Waals surface area contributed by atoms with Gasteiger partial charge in [0.25, 0.3) is 0 Å². The molecule has 0 aliphatic carbocycles. The van der Waals surface area contributed by atoms with Gasteiger partial charge in [-0.25, -0.2) is 0 Å². The zero-order chi connectivity index (χ0) is 38.4. The highest BCUT2D eigenvalue weighted by molar-refractivity contribution is 6.26. The van der Waals surface area contributed by atoms with Gasteiger partial charge in [-0.05, 0) is 93.0 Å². The molecule has 0 atom stereocenters. The van der Waals surface area contributed by atoms with Gasteiger partial charge in [-0.1, -0.05) is 144 Å². The lowest BCUT2D eigenvalue weighted by Gasteiger charge is -2.16. The molecule has 8 rings (SSSR count). The van der Waals surface area contributed by atoms with E-state index in [0.717, 1.165) is 99.1 Å². The largest absolute Gasteiger partial charge is 0.115 e. The van der Waals surface area contributed by atoms with Crippen molar-refractivity contribution in [3.8, 4) is 96.7 Å². The summed E-state index contributed by atoms with van der Waals surface area (Å²) in [4.78, 5) is 0. The van der Waals surface area contributed by atoms with E-state index in [1.54, 1.807) is 0 Å². The monoisotopic (exact) mass is 698 g/mol. The minimum atomic E-state index is 0.730. The van der Waals surface area contributed by atoms with Gasteiger partial charge in [0.15, 0.2) is 0 Å². The third-order valence-electron chi connectivity index (χ3n) is 9.56. The standard InChI is InChI=1S/C56H26/c1-5-39-17-9-13-21-43(39)25-29-47-37-48(30-26-44-22-14-10-18-40(44)6-2)52-35-36-54-50(32-28-46-24-16-12-20-42(46)8-4)38-49(53-34-33-51(47)55(52)56(53)54)31-27-45-23-15-11-19-41(45)7-3/h1-4,9-24,33-38H. The van der Waals surface area contributed by atoms with Crippen LogP contribution in [-0.4, -0.2) is 0 Å². The Balaban J connectivity index is 1.47. The fraction of sp³-hybridized carbons (Fsp3) is 0. The van der Waals surface area contributed by atoms with Gasteiger partial charge in [0.1, 0.15) is 0 Å². The van der Waals surface area contributed by atoms with Crippen molar-refractivity contribution in [2.24, 2.45) is 0 Å². The summed E-state index contributed by atoms with van der Waals surface area (Å²) in [5.41, 5.74) is 9.23. The molecule has 0 N–H and O–H groups in total. The molecule has 0 bridgehead atoms. The highest BCUT2D eigenvalue weighted by atomic mass is 14.2. The average Bonchev–Trinajstić information content (AvgIpc) is 3.26. The van der Waals surface area contributed by atoms with Crippen LogP contribution >= 0.6 is 0 Å². The Hall–Kier alpha value is -8.72. The summed E-state index contributed by atoms with van der Waals surface area (Å²) < 4.78 is 0. The van der Waals surface area contributed by atoms with Crippen molar-refractivity contribution in [2.45, 2.75) is 0 Å². The van der Waals surface area contributed by atoms with E-state index in [9.17, 15) is 0 Å². The van der Waals surface area contributed by atoms with Gasteiger partial charge in [0.05, 0.1) is 0 Å². The Morgan fingerprint density at radius 3 is 0.643 bits per heavy atom. The Bertz CT molecular complexity index is 2910. The molecule has 0 spiro atoms. The van der Waals surface area contributed by atoms with Crippen LogP contribution in [0.3, 0.4) is 0 Å². The van der Waals surface area contributed by atoms with Crippen molar-refractivity contribution in [3.63, 3.8) is 0 Å². The predicted octanol–water partition coefficient (Wildman–Crippen LogP) is 10.1. The summed E-state index contributed by atoms with van der Waals surface area (Å²) in [6.45, 7) is 0. The molecule has 56 heavy (non-hydrogen) atoms. The molecule has 0 nitrogen and oxygen atoms in total. The molecule has 8 aromatic carbocycles. The lowest BCUT2D eigenvalue weighted by molar-refractivity contribution is 1.58. The molecule has 0 aliphatic heterocycles. The number of terminal acetylenes is 4. The van der Waals surface area contributed by atoms with E-state index >= 15 is 0 Å². The van der Waals surface area contributed by atoms with Gasteiger partial charge in [-0.3, -0.25) is 0 Å². The molecule has 250 valence electrons. The van der Waals surface area contributed by atoms with E-state index in [1.165, 1.54) is 0 Å². The summed E-state index contributed by atoms with van der Waals surface area (Å²) in [5, 5.41) is 5.89. The van der Waals surface area contributed by atoms with E-state index < -0.39 is 0 Å². The van der Waals surface area contributed by atoms with Crippen LogP contribution in [0.1, 0.15) is 66.8 Å². The third-order valence-corrected chi connectivity index (χ3v) is 9.56. The second kappa shape index (κ2) is 15.1. The Morgan fingerprint density at radius 1 is 0.232 bits per heavy atom. The van der Waals surface area contributed by atoms with E-state index in [4.69, 9.17) is 25.7 Å². The van der Waals surface area contributed by atoms with E-state index in [0.29, 0.717) is 0 Å². The maximum absolute atomic E-state index is 5.84. The van der Waals surface area contributed by atoms with Crippen molar-refractivity contribution < 1.29 is 0 Å². The molecule has 0 heterocycles. The van der Waals surface area contributed by atoms with Crippen LogP contribution in [0.4, 0.5) is 0 Å². The minimum absolute atomic E-state index is 0.730. The van der Waals surface area contributed by atoms with Crippen molar-refractivity contribution in [3.05, 3.63) is 200 Å². The maximum Gasteiger partial charge on any atom is 0.0405 e. The smallest absolute Gasteiger partial charge is 0.0405 e. The maximum atomic E-state index is 5.84. The lowest BCUT2D eigenvalue weighted by atomic mass is 9.86. The van der Waals surface area contributed by atoms with Gasteiger partial charge in [-0.2, -0.15) is 0 Å². The lowest BCUT2D eigenvalue weighted by Crippen LogP contribution is -1.95. The zero-order valence-corrected chi connectivity index (χ0v) is 30.0. The van der Waals surface area contributed by atoms with Gasteiger partial charge in [0.2, 0.25) is 0 Å². The number of rotatable bonds is 0. The second-order valence-corrected chi connectivity index (χ2v) is 12.8. The first kappa shape index (κ1) is 34.4. The molecule has 0 aromatic heterocycles. The second-order valence-electron chi connectivity index (χ2n) is 12.8. The Labute approximate surface area is 328 Å². The SMILES string of the molecule is C#Cc1ccccc1C#Cc1cc(C#Cc2ccccc2C#C)c2ccc3c(C#Cc4ccccc4C#C)cc(C#Cc4ccccc4C#C)c4ccc1c2c43. The molecule has 0 saturated carbocycles. The van der Waals surface area contributed by atoms with Crippen molar-refractivity contribution in [2.75, 3.05) is 0 Å². The van der Waals surface area contributed by atoms with Crippen molar-refractivity contribution in [1.29, 1.82) is 0 Å². The van der Waals surface area contributed by atoms with Crippen LogP contribution in [0.5, 0.6) is 0 Å². The molecular weight excluding hydrogens is 673 g/mol. The van der Waals surface area contributed by atoms with Crippen molar-refractivity contribution in [1.82, 2.24) is 0 Å². The first-order valence-corrected chi connectivity index (χ1v) is 17.7. The van der Waals surface area contributed by atoms with Crippen LogP contribution in [0.25, 0.3) is 32.3 Å². The number of hydrogen-bond donors (Lipinski definition) is 0. The van der Waals surface area contributed by atoms with Crippen LogP contribution in [0.2, 0.25) is 0 Å². The van der Waals surface area contributed by atoms with Crippen molar-refractivity contribution >= 4 is 32.3 Å². The Kier molecular flexibility index (Phi) is 9.27. The predicted molar refractivity (Wildman–Crippen MR) is 232 cm³/mol. The van der Waals surface area contributed by atoms with Crippen LogP contribution in [0, 0.1) is 96.7 Å². The summed E-state index contributed by atoms with van der Waals surface area (Å²) in [6, 6.07) is 43.2. The molecule has 0 radical (unpaired) electrons. The normalized spacial score (nSPS) is 9.86. The first-order chi connectivity index (χ1) is 27.6. The minimum Gasteiger partial charge on any atom is -0.115 e. The highest BCUT2D eigenvalue weighted by Crippen LogP contribution is 2.40. The fourth-order valence-electron chi connectivity index (χ4n) is 6.82. The van der Waals surface area contributed by atoms with Gasteiger partial charge >= 0.3 is 0 Å². The summed E-state index contributed by atoms with van der Waals surface area (Å²) >= 11 is 0. The fourth-order valence-corrected chi connectivity index (χ4v) is 6.82. The van der Waals surface area contributed by atoms with E-state index in [-0.39, 0.29) is 0 Å². The Morgan fingerprint density at radius 2 is 0.429 bits per heavy atom. The van der Waals surface area contributed by atoms with Gasteiger partial charge in [-0.15, -0.1) is 25.7 Å². The quantitative estimate of drug-likeness (QED) is 0.109. The van der Waals surface area contributed by atoms with E-state index in [1.807, 2.05) is 109 Å². The third kappa shape index (κ3) is 6.45. The summed E-state index contributed by atoms with van der Waals surface area (Å²) in [6.07, 6.45) is 23.4. The molecule has 0 saturated heterocycles. The molecule has 0 heteroatoms.